The molecule has 0 aliphatic carbocycles. The van der Waals surface area contributed by atoms with Crippen LogP contribution in [0.1, 0.15) is 26.6 Å². The molecule has 168 valence electrons. The fourth-order valence-corrected chi connectivity index (χ4v) is 4.87. The summed E-state index contributed by atoms with van der Waals surface area (Å²) in [4.78, 5) is 22.6. The maximum absolute atomic E-state index is 13.7. The molecule has 1 amide bonds. The first-order valence-electron chi connectivity index (χ1n) is 11.2. The van der Waals surface area contributed by atoms with Gasteiger partial charge in [-0.25, -0.2) is 9.67 Å². The first kappa shape index (κ1) is 21.6. The van der Waals surface area contributed by atoms with Crippen molar-refractivity contribution in [1.82, 2.24) is 24.6 Å². The Morgan fingerprint density at radius 2 is 1.70 bits per heavy atom. The first-order chi connectivity index (χ1) is 16.1. The van der Waals surface area contributed by atoms with Crippen molar-refractivity contribution in [2.45, 2.75) is 20.4 Å². The zero-order valence-electron chi connectivity index (χ0n) is 18.9. The van der Waals surface area contributed by atoms with E-state index in [0.717, 1.165) is 52.8 Å². The zero-order valence-corrected chi connectivity index (χ0v) is 19.8. The average Bonchev–Trinajstić information content (AvgIpc) is 3.46. The highest BCUT2D eigenvalue weighted by Crippen LogP contribution is 2.28. The molecule has 0 atom stereocenters. The van der Waals surface area contributed by atoms with Gasteiger partial charge in [0.2, 0.25) is 0 Å². The molecule has 2 aromatic carbocycles. The van der Waals surface area contributed by atoms with E-state index >= 15 is 0 Å². The average molecular weight is 458 g/mol. The molecule has 0 unspecified atom stereocenters. The van der Waals surface area contributed by atoms with Crippen LogP contribution in [0.4, 0.5) is 0 Å². The van der Waals surface area contributed by atoms with Gasteiger partial charge in [0.1, 0.15) is 5.69 Å². The van der Waals surface area contributed by atoms with Crippen LogP contribution in [-0.4, -0.2) is 56.7 Å². The third kappa shape index (κ3) is 4.60. The molecule has 5 rings (SSSR count). The van der Waals surface area contributed by atoms with Gasteiger partial charge in [-0.2, -0.15) is 5.10 Å². The molecule has 1 aliphatic rings. The number of piperazine rings is 1. The Bertz CT molecular complexity index is 1250. The van der Waals surface area contributed by atoms with Gasteiger partial charge in [0.25, 0.3) is 5.91 Å². The van der Waals surface area contributed by atoms with E-state index in [0.29, 0.717) is 18.7 Å². The van der Waals surface area contributed by atoms with Crippen molar-refractivity contribution < 1.29 is 4.79 Å². The predicted molar refractivity (Wildman–Crippen MR) is 132 cm³/mol. The molecule has 1 saturated heterocycles. The minimum Gasteiger partial charge on any atom is -0.336 e. The van der Waals surface area contributed by atoms with E-state index in [1.807, 2.05) is 71.2 Å². The molecule has 6 nitrogen and oxygen atoms in total. The molecule has 0 bridgehead atoms. The van der Waals surface area contributed by atoms with Crippen LogP contribution in [0.2, 0.25) is 0 Å². The number of thiazole rings is 1. The Kier molecular flexibility index (Phi) is 6.07. The van der Waals surface area contributed by atoms with Crippen LogP contribution >= 0.6 is 11.3 Å². The van der Waals surface area contributed by atoms with Crippen molar-refractivity contribution in [2.75, 3.05) is 26.2 Å². The van der Waals surface area contributed by atoms with Gasteiger partial charge in [-0.05, 0) is 31.5 Å². The van der Waals surface area contributed by atoms with E-state index in [9.17, 15) is 4.79 Å². The first-order valence-corrected chi connectivity index (χ1v) is 12.1. The Labute approximate surface area is 198 Å². The second-order valence-corrected chi connectivity index (χ2v) is 9.47. The summed E-state index contributed by atoms with van der Waals surface area (Å²) in [6, 6.07) is 18.1. The van der Waals surface area contributed by atoms with Gasteiger partial charge in [0.05, 0.1) is 22.0 Å². The molecule has 33 heavy (non-hydrogen) atoms. The molecule has 0 N–H and O–H groups in total. The molecule has 0 radical (unpaired) electrons. The Morgan fingerprint density at radius 3 is 2.39 bits per heavy atom. The predicted octanol–water partition coefficient (Wildman–Crippen LogP) is 4.57. The number of aryl methyl sites for hydroxylation is 2. The highest BCUT2D eigenvalue weighted by Gasteiger charge is 2.27. The van der Waals surface area contributed by atoms with E-state index < -0.39 is 0 Å². The topological polar surface area (TPSA) is 54.3 Å². The van der Waals surface area contributed by atoms with Gasteiger partial charge < -0.3 is 4.90 Å². The molecule has 3 heterocycles. The molecular weight excluding hydrogens is 430 g/mol. The van der Waals surface area contributed by atoms with E-state index in [-0.39, 0.29) is 5.91 Å². The van der Waals surface area contributed by atoms with Gasteiger partial charge in [-0.1, -0.05) is 42.5 Å². The molecule has 4 aromatic rings. The van der Waals surface area contributed by atoms with Crippen molar-refractivity contribution in [2.24, 2.45) is 0 Å². The van der Waals surface area contributed by atoms with Crippen molar-refractivity contribution in [1.29, 1.82) is 0 Å². The van der Waals surface area contributed by atoms with Crippen molar-refractivity contribution >= 4 is 17.2 Å². The van der Waals surface area contributed by atoms with E-state index in [1.165, 1.54) is 0 Å². The van der Waals surface area contributed by atoms with Crippen LogP contribution in [0.15, 0.2) is 66.2 Å². The van der Waals surface area contributed by atoms with E-state index in [1.54, 1.807) is 11.3 Å². The second-order valence-electron chi connectivity index (χ2n) is 8.41. The van der Waals surface area contributed by atoms with Gasteiger partial charge >= 0.3 is 0 Å². The van der Waals surface area contributed by atoms with Gasteiger partial charge in [0, 0.05) is 49.9 Å². The van der Waals surface area contributed by atoms with Crippen LogP contribution in [0.5, 0.6) is 0 Å². The van der Waals surface area contributed by atoms with Crippen LogP contribution in [0.3, 0.4) is 0 Å². The highest BCUT2D eigenvalue weighted by molar-refractivity contribution is 7.09. The zero-order chi connectivity index (χ0) is 22.8. The summed E-state index contributed by atoms with van der Waals surface area (Å²) in [6.45, 7) is 8.02. The van der Waals surface area contributed by atoms with Crippen molar-refractivity contribution in [3.63, 3.8) is 0 Å². The van der Waals surface area contributed by atoms with Crippen LogP contribution < -0.4 is 0 Å². The lowest BCUT2D eigenvalue weighted by Crippen LogP contribution is -2.48. The fourth-order valence-electron chi connectivity index (χ4n) is 4.27. The van der Waals surface area contributed by atoms with Crippen LogP contribution in [0, 0.1) is 13.8 Å². The number of para-hydroxylation sites is 1. The lowest BCUT2D eigenvalue weighted by atomic mass is 10.0. The summed E-state index contributed by atoms with van der Waals surface area (Å²) in [7, 11) is 0. The van der Waals surface area contributed by atoms with Crippen molar-refractivity contribution in [3.05, 3.63) is 88.0 Å². The Morgan fingerprint density at radius 1 is 0.970 bits per heavy atom. The lowest BCUT2D eigenvalue weighted by molar-refractivity contribution is 0.0628. The van der Waals surface area contributed by atoms with Crippen molar-refractivity contribution in [3.8, 4) is 16.9 Å². The number of carbonyl (C=O) groups excluding carboxylic acids is 1. The number of rotatable bonds is 5. The number of nitrogens with zero attached hydrogens (tertiary/aromatic N) is 5. The normalized spacial score (nSPS) is 14.5. The largest absolute Gasteiger partial charge is 0.336 e. The third-order valence-corrected chi connectivity index (χ3v) is 6.90. The summed E-state index contributed by atoms with van der Waals surface area (Å²) < 4.78 is 1.82. The SMILES string of the molecule is Cc1nc(CN2CCN(C(=O)c3cn(-c4ccccc4)nc3-c3ccccc3C)CC2)cs1. The number of amides is 1. The van der Waals surface area contributed by atoms with Gasteiger partial charge in [-0.3, -0.25) is 9.69 Å². The number of aromatic nitrogens is 3. The summed E-state index contributed by atoms with van der Waals surface area (Å²) in [6.07, 6.45) is 1.88. The van der Waals surface area contributed by atoms with E-state index in [4.69, 9.17) is 5.10 Å². The third-order valence-electron chi connectivity index (χ3n) is 6.08. The smallest absolute Gasteiger partial charge is 0.257 e. The molecule has 0 spiro atoms. The summed E-state index contributed by atoms with van der Waals surface area (Å²) in [5.74, 6) is 0.0413. The number of carbonyl (C=O) groups is 1. The summed E-state index contributed by atoms with van der Waals surface area (Å²) in [5, 5.41) is 8.07. The maximum Gasteiger partial charge on any atom is 0.257 e. The molecule has 1 aliphatic heterocycles. The number of benzene rings is 2. The number of hydrogen-bond donors (Lipinski definition) is 0. The standard InChI is InChI=1S/C26H27N5OS/c1-19-8-6-7-11-23(19)25-24(17-31(28-25)22-9-4-3-5-10-22)26(32)30-14-12-29(13-15-30)16-21-18-33-20(2)27-21/h3-11,17-18H,12-16H2,1-2H3. The molecule has 7 heteroatoms. The summed E-state index contributed by atoms with van der Waals surface area (Å²) in [5.41, 5.74) is 5.54. The highest BCUT2D eigenvalue weighted by atomic mass is 32.1. The molecular formula is C26H27N5OS. The van der Waals surface area contributed by atoms with E-state index in [2.05, 4.69) is 28.3 Å². The molecule has 0 saturated carbocycles. The number of hydrogen-bond acceptors (Lipinski definition) is 5. The monoisotopic (exact) mass is 457 g/mol. The van der Waals surface area contributed by atoms with Crippen LogP contribution in [-0.2, 0) is 6.54 Å². The Balaban J connectivity index is 1.39. The van der Waals surface area contributed by atoms with Gasteiger partial charge in [-0.15, -0.1) is 11.3 Å². The minimum atomic E-state index is 0.0413. The molecule has 2 aromatic heterocycles. The second kappa shape index (κ2) is 9.29. The summed E-state index contributed by atoms with van der Waals surface area (Å²) >= 11 is 1.69. The molecule has 1 fully saturated rings. The van der Waals surface area contributed by atoms with Crippen LogP contribution in [0.25, 0.3) is 16.9 Å². The lowest BCUT2D eigenvalue weighted by Gasteiger charge is -2.34. The Hall–Kier alpha value is -3.29. The minimum absolute atomic E-state index is 0.0413. The fraction of sp³-hybridized carbons (Fsp3) is 0.269. The van der Waals surface area contributed by atoms with Gasteiger partial charge in [0.15, 0.2) is 0 Å². The maximum atomic E-state index is 13.7. The quantitative estimate of drug-likeness (QED) is 0.441.